The van der Waals surface area contributed by atoms with Gasteiger partial charge in [0.1, 0.15) is 11.3 Å². The van der Waals surface area contributed by atoms with Crippen LogP contribution in [0.25, 0.3) is 16.9 Å². The van der Waals surface area contributed by atoms with Crippen LogP contribution < -0.4 is 5.32 Å². The number of nitrogens with one attached hydrogen (secondary N) is 1. The Labute approximate surface area is 159 Å². The number of aliphatic carboxylic acids is 1. The van der Waals surface area contributed by atoms with E-state index in [9.17, 15) is 19.5 Å². The molecule has 1 aromatic heterocycles. The smallest absolute Gasteiger partial charge is 0.339 e. The first-order valence-electron chi connectivity index (χ1n) is 8.15. The summed E-state index contributed by atoms with van der Waals surface area (Å²) >= 11 is 0. The normalized spacial score (nSPS) is 10.7. The molecule has 0 saturated carbocycles. The lowest BCUT2D eigenvalue weighted by Crippen LogP contribution is -2.08. The van der Waals surface area contributed by atoms with E-state index in [4.69, 9.17) is 5.11 Å². The van der Waals surface area contributed by atoms with E-state index < -0.39 is 17.8 Å². The molecule has 0 saturated heterocycles. The quantitative estimate of drug-likeness (QED) is 0.568. The van der Waals surface area contributed by atoms with Gasteiger partial charge in [0.05, 0.1) is 5.69 Å². The summed E-state index contributed by atoms with van der Waals surface area (Å²) in [5, 5.41) is 25.0. The molecule has 0 atom stereocenters. The number of carboxylic acids is 2. The number of nitrogens with zero attached hydrogens (tertiary/aromatic N) is 2. The topological polar surface area (TPSA) is 122 Å². The first-order chi connectivity index (χ1) is 13.4. The Morgan fingerprint density at radius 1 is 0.964 bits per heavy atom. The Bertz CT molecular complexity index is 1070. The summed E-state index contributed by atoms with van der Waals surface area (Å²) in [6, 6.07) is 15.6. The number of carbonyl (C=O) groups is 3. The van der Waals surface area contributed by atoms with Gasteiger partial charge < -0.3 is 15.5 Å². The molecule has 3 N–H and O–H groups in total. The molecule has 2 aromatic carbocycles. The molecule has 0 aliphatic heterocycles. The van der Waals surface area contributed by atoms with Crippen molar-refractivity contribution >= 4 is 23.5 Å². The minimum absolute atomic E-state index is 0.0121. The molecule has 3 rings (SSSR count). The van der Waals surface area contributed by atoms with Crippen LogP contribution in [-0.4, -0.2) is 37.8 Å². The minimum atomic E-state index is -1.23. The number of carbonyl (C=O) groups excluding carboxylic acids is 1. The van der Waals surface area contributed by atoms with Gasteiger partial charge in [0.15, 0.2) is 0 Å². The second-order valence-electron chi connectivity index (χ2n) is 5.72. The molecule has 0 aliphatic rings. The summed E-state index contributed by atoms with van der Waals surface area (Å²) in [5.74, 6) is -2.98. The predicted octanol–water partition coefficient (Wildman–Crippen LogP) is 2.82. The van der Waals surface area contributed by atoms with Crippen molar-refractivity contribution in [3.8, 4) is 16.9 Å². The van der Waals surface area contributed by atoms with Gasteiger partial charge in [-0.25, -0.2) is 14.3 Å². The van der Waals surface area contributed by atoms with Crippen LogP contribution in [0.15, 0.2) is 72.9 Å². The molecule has 140 valence electrons. The molecule has 0 radical (unpaired) electrons. The van der Waals surface area contributed by atoms with Crippen molar-refractivity contribution in [1.29, 1.82) is 0 Å². The summed E-state index contributed by atoms with van der Waals surface area (Å²) in [5.41, 5.74) is 1.83. The maximum atomic E-state index is 11.8. The van der Waals surface area contributed by atoms with Gasteiger partial charge in [-0.15, -0.1) is 0 Å². The van der Waals surface area contributed by atoms with Gasteiger partial charge in [-0.2, -0.15) is 5.10 Å². The average Bonchev–Trinajstić information content (AvgIpc) is 3.13. The fourth-order valence-corrected chi connectivity index (χ4v) is 2.53. The number of aromatic nitrogens is 2. The zero-order chi connectivity index (χ0) is 20.1. The molecule has 3 aromatic rings. The predicted molar refractivity (Wildman–Crippen MR) is 101 cm³/mol. The van der Waals surface area contributed by atoms with Crippen LogP contribution in [0.4, 0.5) is 5.69 Å². The lowest BCUT2D eigenvalue weighted by molar-refractivity contribution is -0.131. The van der Waals surface area contributed by atoms with Gasteiger partial charge in [0.25, 0.3) is 0 Å². The number of hydrogen-bond donors (Lipinski definition) is 3. The Kier molecular flexibility index (Phi) is 5.31. The summed E-state index contributed by atoms with van der Waals surface area (Å²) in [4.78, 5) is 33.9. The van der Waals surface area contributed by atoms with Crippen LogP contribution in [0.3, 0.4) is 0 Å². The number of carboxylic acid groups (broad SMARTS) is 2. The summed E-state index contributed by atoms with van der Waals surface area (Å²) < 4.78 is 1.47. The van der Waals surface area contributed by atoms with Crippen molar-refractivity contribution in [2.45, 2.75) is 0 Å². The Morgan fingerprint density at radius 3 is 2.39 bits per heavy atom. The van der Waals surface area contributed by atoms with E-state index in [2.05, 4.69) is 10.4 Å². The largest absolute Gasteiger partial charge is 0.478 e. The fourth-order valence-electron chi connectivity index (χ4n) is 2.53. The van der Waals surface area contributed by atoms with Gasteiger partial charge in [-0.05, 0) is 24.3 Å². The van der Waals surface area contributed by atoms with E-state index in [0.717, 1.165) is 12.2 Å². The zero-order valence-electron chi connectivity index (χ0n) is 14.4. The number of anilines is 1. The van der Waals surface area contributed by atoms with E-state index in [1.54, 1.807) is 36.4 Å². The van der Waals surface area contributed by atoms with Crippen LogP contribution in [0.1, 0.15) is 10.4 Å². The number of aromatic carboxylic acids is 1. The maximum absolute atomic E-state index is 11.8. The summed E-state index contributed by atoms with van der Waals surface area (Å²) in [6.07, 6.45) is 3.04. The highest BCUT2D eigenvalue weighted by Gasteiger charge is 2.18. The first kappa shape index (κ1) is 18.6. The molecule has 0 aliphatic carbocycles. The third-order valence-electron chi connectivity index (χ3n) is 3.75. The van der Waals surface area contributed by atoms with E-state index in [1.807, 2.05) is 18.2 Å². The summed E-state index contributed by atoms with van der Waals surface area (Å²) in [7, 11) is 0. The molecular weight excluding hydrogens is 362 g/mol. The highest BCUT2D eigenvalue weighted by Crippen LogP contribution is 2.26. The molecule has 0 unspecified atom stereocenters. The molecule has 0 bridgehead atoms. The highest BCUT2D eigenvalue weighted by molar-refractivity contribution is 6.02. The average molecular weight is 377 g/mol. The monoisotopic (exact) mass is 377 g/mol. The van der Waals surface area contributed by atoms with Gasteiger partial charge in [-0.1, -0.05) is 30.3 Å². The SMILES string of the molecule is O=C(O)C=CC(=O)Nc1cccc(-c2nn(-c3ccccc3)cc2C(=O)O)c1. The number of para-hydroxylation sites is 1. The van der Waals surface area contributed by atoms with Gasteiger partial charge >= 0.3 is 11.9 Å². The third-order valence-corrected chi connectivity index (χ3v) is 3.75. The number of benzene rings is 2. The van der Waals surface area contributed by atoms with E-state index in [1.165, 1.54) is 10.9 Å². The fraction of sp³-hybridized carbons (Fsp3) is 0. The summed E-state index contributed by atoms with van der Waals surface area (Å²) in [6.45, 7) is 0. The van der Waals surface area contributed by atoms with Crippen molar-refractivity contribution < 1.29 is 24.6 Å². The van der Waals surface area contributed by atoms with E-state index >= 15 is 0 Å². The lowest BCUT2D eigenvalue weighted by atomic mass is 10.1. The Hall–Kier alpha value is -4.20. The van der Waals surface area contributed by atoms with E-state index in [0.29, 0.717) is 16.9 Å². The maximum Gasteiger partial charge on any atom is 0.339 e. The van der Waals surface area contributed by atoms with Crippen LogP contribution in [0, 0.1) is 0 Å². The number of amides is 1. The minimum Gasteiger partial charge on any atom is -0.478 e. The van der Waals surface area contributed by atoms with Crippen LogP contribution in [0.2, 0.25) is 0 Å². The van der Waals surface area contributed by atoms with Crippen LogP contribution in [0.5, 0.6) is 0 Å². The van der Waals surface area contributed by atoms with E-state index in [-0.39, 0.29) is 11.3 Å². The Balaban J connectivity index is 1.95. The standard InChI is InChI=1S/C20H15N3O5/c24-17(9-10-18(25)26)21-14-6-4-5-13(11-14)19-16(20(27)28)12-23(22-19)15-7-2-1-3-8-15/h1-12H,(H,21,24)(H,25,26)(H,27,28). The van der Waals surface area contributed by atoms with Gasteiger partial charge in [-0.3, -0.25) is 4.79 Å². The van der Waals surface area contributed by atoms with Crippen molar-refractivity contribution in [3.05, 3.63) is 78.5 Å². The first-order valence-corrected chi connectivity index (χ1v) is 8.15. The molecule has 0 fully saturated rings. The van der Waals surface area contributed by atoms with Crippen molar-refractivity contribution in [1.82, 2.24) is 9.78 Å². The molecule has 0 spiro atoms. The van der Waals surface area contributed by atoms with Crippen LogP contribution in [-0.2, 0) is 9.59 Å². The zero-order valence-corrected chi connectivity index (χ0v) is 14.4. The molecule has 8 nitrogen and oxygen atoms in total. The number of hydrogen-bond acceptors (Lipinski definition) is 4. The van der Waals surface area contributed by atoms with Gasteiger partial charge in [0, 0.05) is 29.6 Å². The molecule has 1 heterocycles. The highest BCUT2D eigenvalue weighted by atomic mass is 16.4. The Morgan fingerprint density at radius 2 is 1.71 bits per heavy atom. The number of rotatable bonds is 6. The van der Waals surface area contributed by atoms with Crippen molar-refractivity contribution in [2.24, 2.45) is 0 Å². The molecule has 8 heteroatoms. The van der Waals surface area contributed by atoms with Crippen LogP contribution >= 0.6 is 0 Å². The third kappa shape index (κ3) is 4.31. The molecular formula is C20H15N3O5. The van der Waals surface area contributed by atoms with Crippen molar-refractivity contribution in [2.75, 3.05) is 5.32 Å². The second kappa shape index (κ2) is 8.00. The molecule has 1 amide bonds. The van der Waals surface area contributed by atoms with Crippen molar-refractivity contribution in [3.63, 3.8) is 0 Å². The second-order valence-corrected chi connectivity index (χ2v) is 5.72. The van der Waals surface area contributed by atoms with Gasteiger partial charge in [0.2, 0.25) is 5.91 Å². The lowest BCUT2D eigenvalue weighted by Gasteiger charge is -2.05. The molecule has 28 heavy (non-hydrogen) atoms.